The Morgan fingerprint density at radius 1 is 0.750 bits per heavy atom. The molecule has 74 valence electrons. The summed E-state index contributed by atoms with van der Waals surface area (Å²) in [6.45, 7) is -0.412. The number of unbranched alkanes of at least 4 members (excludes halogenated alkanes) is 1. The van der Waals surface area contributed by atoms with Crippen molar-refractivity contribution < 1.29 is 20.4 Å². The minimum Gasteiger partial charge on any atom is -0.394 e. The van der Waals surface area contributed by atoms with Gasteiger partial charge in [-0.25, -0.2) is 0 Å². The highest BCUT2D eigenvalue weighted by molar-refractivity contribution is 4.56. The van der Waals surface area contributed by atoms with E-state index in [1.165, 1.54) is 0 Å². The van der Waals surface area contributed by atoms with E-state index < -0.39 is 12.2 Å². The fourth-order valence-electron chi connectivity index (χ4n) is 0.942. The molecule has 0 heterocycles. The van der Waals surface area contributed by atoms with Crippen molar-refractivity contribution in [3.8, 4) is 0 Å². The third-order valence-corrected chi connectivity index (χ3v) is 1.75. The molecule has 0 fully saturated rings. The standard InChI is InChI=1S/C8H18O4/c9-5-7(11)3-1-2-4-8(12)6-10/h7-12H,1-6H2. The lowest BCUT2D eigenvalue weighted by Gasteiger charge is -2.08. The summed E-state index contributed by atoms with van der Waals surface area (Å²) in [4.78, 5) is 0. The highest BCUT2D eigenvalue weighted by atomic mass is 16.3. The number of aliphatic hydroxyl groups excluding tert-OH is 4. The summed E-state index contributed by atoms with van der Waals surface area (Å²) in [5.74, 6) is 0. The van der Waals surface area contributed by atoms with Crippen LogP contribution in [-0.2, 0) is 0 Å². The van der Waals surface area contributed by atoms with Crippen LogP contribution in [0.1, 0.15) is 25.7 Å². The molecular weight excluding hydrogens is 160 g/mol. The van der Waals surface area contributed by atoms with Crippen LogP contribution < -0.4 is 0 Å². The van der Waals surface area contributed by atoms with E-state index in [1.807, 2.05) is 0 Å². The molecule has 0 amide bonds. The number of hydrogen-bond donors (Lipinski definition) is 4. The first-order valence-electron chi connectivity index (χ1n) is 4.28. The molecule has 0 aromatic heterocycles. The Balaban J connectivity index is 3.10. The molecule has 0 saturated carbocycles. The molecule has 0 saturated heterocycles. The average molecular weight is 178 g/mol. The molecule has 0 radical (unpaired) electrons. The van der Waals surface area contributed by atoms with Gasteiger partial charge in [-0.3, -0.25) is 0 Å². The van der Waals surface area contributed by atoms with Crippen molar-refractivity contribution in [3.05, 3.63) is 0 Å². The van der Waals surface area contributed by atoms with Crippen LogP contribution in [0.15, 0.2) is 0 Å². The molecule has 4 N–H and O–H groups in total. The van der Waals surface area contributed by atoms with E-state index in [0.717, 1.165) is 12.8 Å². The summed E-state index contributed by atoms with van der Waals surface area (Å²) in [6, 6.07) is 0. The highest BCUT2D eigenvalue weighted by Crippen LogP contribution is 2.05. The van der Waals surface area contributed by atoms with E-state index in [0.29, 0.717) is 12.8 Å². The van der Waals surface area contributed by atoms with Gasteiger partial charge in [-0.1, -0.05) is 12.8 Å². The van der Waals surface area contributed by atoms with Crippen molar-refractivity contribution in [1.82, 2.24) is 0 Å². The van der Waals surface area contributed by atoms with Gasteiger partial charge >= 0.3 is 0 Å². The second kappa shape index (κ2) is 7.49. The second-order valence-electron chi connectivity index (χ2n) is 2.96. The number of aliphatic hydroxyl groups is 4. The van der Waals surface area contributed by atoms with Crippen molar-refractivity contribution in [2.24, 2.45) is 0 Å². The molecule has 0 spiro atoms. The molecule has 2 unspecified atom stereocenters. The largest absolute Gasteiger partial charge is 0.394 e. The SMILES string of the molecule is OCC(O)CCCCC(O)CO. The van der Waals surface area contributed by atoms with Crippen molar-refractivity contribution >= 4 is 0 Å². The van der Waals surface area contributed by atoms with E-state index in [4.69, 9.17) is 20.4 Å². The molecule has 4 heteroatoms. The maximum atomic E-state index is 8.92. The Morgan fingerprint density at radius 3 is 1.33 bits per heavy atom. The van der Waals surface area contributed by atoms with Crippen LogP contribution in [0, 0.1) is 0 Å². The van der Waals surface area contributed by atoms with E-state index in [-0.39, 0.29) is 13.2 Å². The topological polar surface area (TPSA) is 80.9 Å². The lowest BCUT2D eigenvalue weighted by Crippen LogP contribution is -2.13. The molecule has 2 atom stereocenters. The smallest absolute Gasteiger partial charge is 0.0770 e. The maximum Gasteiger partial charge on any atom is 0.0770 e. The van der Waals surface area contributed by atoms with Gasteiger partial charge in [0.2, 0.25) is 0 Å². The van der Waals surface area contributed by atoms with Gasteiger partial charge < -0.3 is 20.4 Å². The summed E-state index contributed by atoms with van der Waals surface area (Å²) in [5.41, 5.74) is 0. The predicted octanol–water partition coefficient (Wildman–Crippen LogP) is -0.747. The minimum absolute atomic E-state index is 0.206. The summed E-state index contributed by atoms with van der Waals surface area (Å²) >= 11 is 0. The Bertz CT molecular complexity index is 85.1. The fraction of sp³-hybridized carbons (Fsp3) is 1.00. The van der Waals surface area contributed by atoms with Crippen LogP contribution in [0.2, 0.25) is 0 Å². The van der Waals surface area contributed by atoms with Gasteiger partial charge in [0.1, 0.15) is 0 Å². The third-order valence-electron chi connectivity index (χ3n) is 1.75. The average Bonchev–Trinajstić information content (AvgIpc) is 2.11. The van der Waals surface area contributed by atoms with Gasteiger partial charge in [0.05, 0.1) is 25.4 Å². The van der Waals surface area contributed by atoms with Crippen LogP contribution >= 0.6 is 0 Å². The molecule has 0 bridgehead atoms. The lowest BCUT2D eigenvalue weighted by atomic mass is 10.1. The van der Waals surface area contributed by atoms with Crippen LogP contribution in [0.25, 0.3) is 0 Å². The van der Waals surface area contributed by atoms with Crippen molar-refractivity contribution in [3.63, 3.8) is 0 Å². The van der Waals surface area contributed by atoms with E-state index in [2.05, 4.69) is 0 Å². The summed E-state index contributed by atoms with van der Waals surface area (Å²) in [7, 11) is 0. The maximum absolute atomic E-state index is 8.92. The van der Waals surface area contributed by atoms with Crippen molar-refractivity contribution in [2.45, 2.75) is 37.9 Å². The first kappa shape index (κ1) is 11.8. The minimum atomic E-state index is -0.642. The quantitative estimate of drug-likeness (QED) is 0.387. The molecular formula is C8H18O4. The molecule has 0 aliphatic carbocycles. The van der Waals surface area contributed by atoms with Crippen LogP contribution in [0.5, 0.6) is 0 Å². The summed E-state index contributed by atoms with van der Waals surface area (Å²) in [5, 5.41) is 34.7. The fourth-order valence-corrected chi connectivity index (χ4v) is 0.942. The Hall–Kier alpha value is -0.160. The van der Waals surface area contributed by atoms with Crippen LogP contribution in [-0.4, -0.2) is 45.8 Å². The van der Waals surface area contributed by atoms with Gasteiger partial charge in [-0.15, -0.1) is 0 Å². The molecule has 4 nitrogen and oxygen atoms in total. The zero-order chi connectivity index (χ0) is 9.40. The first-order valence-corrected chi connectivity index (χ1v) is 4.28. The van der Waals surface area contributed by atoms with Gasteiger partial charge in [-0.2, -0.15) is 0 Å². The monoisotopic (exact) mass is 178 g/mol. The van der Waals surface area contributed by atoms with E-state index >= 15 is 0 Å². The van der Waals surface area contributed by atoms with Crippen molar-refractivity contribution in [2.75, 3.05) is 13.2 Å². The molecule has 0 aromatic rings. The van der Waals surface area contributed by atoms with Crippen LogP contribution in [0.3, 0.4) is 0 Å². The Kier molecular flexibility index (Phi) is 7.39. The molecule has 0 aromatic carbocycles. The van der Waals surface area contributed by atoms with Gasteiger partial charge in [0, 0.05) is 0 Å². The number of rotatable bonds is 7. The first-order chi connectivity index (χ1) is 5.70. The zero-order valence-electron chi connectivity index (χ0n) is 7.19. The van der Waals surface area contributed by atoms with E-state index in [1.54, 1.807) is 0 Å². The molecule has 0 aliphatic heterocycles. The summed E-state index contributed by atoms with van der Waals surface area (Å²) < 4.78 is 0. The predicted molar refractivity (Wildman–Crippen MR) is 44.7 cm³/mol. The molecule has 0 rings (SSSR count). The molecule has 0 aliphatic rings. The summed E-state index contributed by atoms with van der Waals surface area (Å²) in [6.07, 6.45) is 1.34. The molecule has 12 heavy (non-hydrogen) atoms. The zero-order valence-corrected chi connectivity index (χ0v) is 7.19. The Labute approximate surface area is 72.5 Å². The second-order valence-corrected chi connectivity index (χ2v) is 2.96. The van der Waals surface area contributed by atoms with Gasteiger partial charge in [-0.05, 0) is 12.8 Å². The lowest BCUT2D eigenvalue weighted by molar-refractivity contribution is 0.0749. The van der Waals surface area contributed by atoms with Crippen molar-refractivity contribution in [1.29, 1.82) is 0 Å². The van der Waals surface area contributed by atoms with Crippen LogP contribution in [0.4, 0.5) is 0 Å². The highest BCUT2D eigenvalue weighted by Gasteiger charge is 2.03. The normalized spacial score (nSPS) is 16.0. The van der Waals surface area contributed by atoms with Gasteiger partial charge in [0.25, 0.3) is 0 Å². The Morgan fingerprint density at radius 2 is 1.08 bits per heavy atom. The third kappa shape index (κ3) is 6.54. The van der Waals surface area contributed by atoms with E-state index in [9.17, 15) is 0 Å². The van der Waals surface area contributed by atoms with Gasteiger partial charge in [0.15, 0.2) is 0 Å². The number of hydrogen-bond acceptors (Lipinski definition) is 4.